The van der Waals surface area contributed by atoms with Gasteiger partial charge in [0.15, 0.2) is 0 Å². The molecule has 26 heavy (non-hydrogen) atoms. The molecule has 0 aliphatic carbocycles. The number of aryl methyl sites for hydroxylation is 1. The largest absolute Gasteiger partial charge is 0.497 e. The Morgan fingerprint density at radius 2 is 1.92 bits per heavy atom. The molecule has 1 aromatic carbocycles. The summed E-state index contributed by atoms with van der Waals surface area (Å²) in [5, 5.41) is 10.3. The fourth-order valence-corrected chi connectivity index (χ4v) is 2.85. The fourth-order valence-electron chi connectivity index (χ4n) is 2.85. The minimum atomic E-state index is -0.592. The second-order valence-electron chi connectivity index (χ2n) is 7.79. The van der Waals surface area contributed by atoms with Gasteiger partial charge in [0.2, 0.25) is 0 Å². The molecular formula is C21H31NO4. The Hall–Kier alpha value is -1.98. The number of hydrogen-bond donors (Lipinski definition) is 1. The molecule has 1 aromatic heterocycles. The van der Waals surface area contributed by atoms with E-state index in [-0.39, 0.29) is 12.0 Å². The monoisotopic (exact) mass is 361 g/mol. The van der Waals surface area contributed by atoms with Crippen LogP contribution in [0.1, 0.15) is 37.9 Å². The normalized spacial score (nSPS) is 13.1. The molecule has 5 nitrogen and oxygen atoms in total. The van der Waals surface area contributed by atoms with Gasteiger partial charge in [0.05, 0.1) is 13.7 Å². The topological polar surface area (TPSA) is 55.1 Å². The van der Waals surface area contributed by atoms with Gasteiger partial charge in [-0.25, -0.2) is 0 Å². The van der Waals surface area contributed by atoms with Crippen LogP contribution in [-0.2, 0) is 12.0 Å². The van der Waals surface area contributed by atoms with Crippen molar-refractivity contribution in [2.45, 2.75) is 45.8 Å². The van der Waals surface area contributed by atoms with Crippen molar-refractivity contribution in [2.75, 3.05) is 27.3 Å². The van der Waals surface area contributed by atoms with Gasteiger partial charge in [-0.2, -0.15) is 0 Å². The number of furan rings is 1. The highest BCUT2D eigenvalue weighted by Gasteiger charge is 2.21. The van der Waals surface area contributed by atoms with Crippen molar-refractivity contribution in [2.24, 2.45) is 0 Å². The highest BCUT2D eigenvalue weighted by Crippen LogP contribution is 2.34. The third-order valence-electron chi connectivity index (χ3n) is 4.17. The number of aliphatic hydroxyl groups is 1. The SMILES string of the molecule is COc1ccc(OC[C@H](O)CN(C)Cc2ccc(C)o2)c(C(C)(C)C)c1. The third kappa shape index (κ3) is 5.78. The Labute approximate surface area is 156 Å². The van der Waals surface area contributed by atoms with Crippen molar-refractivity contribution in [1.82, 2.24) is 4.90 Å². The molecule has 0 amide bonds. The van der Waals surface area contributed by atoms with E-state index in [2.05, 4.69) is 20.8 Å². The predicted octanol–water partition coefficient (Wildman–Crippen LogP) is 3.77. The molecule has 0 unspecified atom stereocenters. The van der Waals surface area contributed by atoms with E-state index in [1.165, 1.54) is 0 Å². The number of rotatable bonds is 8. The van der Waals surface area contributed by atoms with Gasteiger partial charge in [-0.15, -0.1) is 0 Å². The lowest BCUT2D eigenvalue weighted by Crippen LogP contribution is -2.33. The molecule has 2 aromatic rings. The van der Waals surface area contributed by atoms with Crippen LogP contribution >= 0.6 is 0 Å². The maximum Gasteiger partial charge on any atom is 0.123 e. The zero-order valence-corrected chi connectivity index (χ0v) is 16.7. The molecule has 0 saturated heterocycles. The number of benzene rings is 1. The van der Waals surface area contributed by atoms with Gasteiger partial charge in [-0.05, 0) is 49.7 Å². The van der Waals surface area contributed by atoms with E-state index in [1.54, 1.807) is 7.11 Å². The van der Waals surface area contributed by atoms with Crippen LogP contribution in [-0.4, -0.2) is 43.4 Å². The minimum absolute atomic E-state index is 0.0806. The van der Waals surface area contributed by atoms with Crippen LogP contribution in [0.3, 0.4) is 0 Å². The van der Waals surface area contributed by atoms with E-state index >= 15 is 0 Å². The summed E-state index contributed by atoms with van der Waals surface area (Å²) in [5.41, 5.74) is 0.978. The zero-order valence-electron chi connectivity index (χ0n) is 16.7. The Kier molecular flexibility index (Phi) is 6.73. The molecular weight excluding hydrogens is 330 g/mol. The third-order valence-corrected chi connectivity index (χ3v) is 4.17. The average molecular weight is 361 g/mol. The van der Waals surface area contributed by atoms with Crippen LogP contribution in [0.15, 0.2) is 34.7 Å². The molecule has 0 aliphatic rings. The maximum atomic E-state index is 10.3. The lowest BCUT2D eigenvalue weighted by molar-refractivity contribution is 0.0717. The summed E-state index contributed by atoms with van der Waals surface area (Å²) in [4.78, 5) is 2.02. The van der Waals surface area contributed by atoms with E-state index in [0.717, 1.165) is 28.6 Å². The van der Waals surface area contributed by atoms with Crippen LogP contribution < -0.4 is 9.47 Å². The summed E-state index contributed by atoms with van der Waals surface area (Å²) in [7, 11) is 3.61. The number of aliphatic hydroxyl groups excluding tert-OH is 1. The standard InChI is InChI=1S/C21H31NO4/c1-15-7-8-18(26-15)13-22(5)12-16(23)14-25-20-10-9-17(24-6)11-19(20)21(2,3)4/h7-11,16,23H,12-14H2,1-6H3/t16-/m1/s1. The van der Waals surface area contributed by atoms with Gasteiger partial charge in [0.25, 0.3) is 0 Å². The molecule has 1 N–H and O–H groups in total. The summed E-state index contributed by atoms with van der Waals surface area (Å²) in [6.07, 6.45) is -0.592. The number of methoxy groups -OCH3 is 1. The first kappa shape index (κ1) is 20.3. The molecule has 0 saturated carbocycles. The van der Waals surface area contributed by atoms with Gasteiger partial charge in [0, 0.05) is 12.1 Å². The molecule has 2 rings (SSSR count). The van der Waals surface area contributed by atoms with Crippen molar-refractivity contribution in [3.63, 3.8) is 0 Å². The van der Waals surface area contributed by atoms with E-state index in [9.17, 15) is 5.11 Å². The smallest absolute Gasteiger partial charge is 0.123 e. The number of ether oxygens (including phenoxy) is 2. The molecule has 144 valence electrons. The van der Waals surface area contributed by atoms with Crippen LogP contribution in [0.2, 0.25) is 0 Å². The first-order chi connectivity index (χ1) is 12.2. The van der Waals surface area contributed by atoms with Crippen LogP contribution in [0.25, 0.3) is 0 Å². The highest BCUT2D eigenvalue weighted by atomic mass is 16.5. The number of nitrogens with zero attached hydrogens (tertiary/aromatic N) is 1. The van der Waals surface area contributed by atoms with E-state index in [1.807, 2.05) is 49.2 Å². The predicted molar refractivity (Wildman–Crippen MR) is 103 cm³/mol. The Morgan fingerprint density at radius 1 is 1.19 bits per heavy atom. The molecule has 5 heteroatoms. The molecule has 0 radical (unpaired) electrons. The zero-order chi connectivity index (χ0) is 19.3. The van der Waals surface area contributed by atoms with Gasteiger partial charge in [-0.3, -0.25) is 4.90 Å². The summed E-state index contributed by atoms with van der Waals surface area (Å²) in [6, 6.07) is 9.68. The number of hydrogen-bond acceptors (Lipinski definition) is 5. The van der Waals surface area contributed by atoms with Gasteiger partial charge >= 0.3 is 0 Å². The second-order valence-corrected chi connectivity index (χ2v) is 7.79. The van der Waals surface area contributed by atoms with E-state index < -0.39 is 6.10 Å². The average Bonchev–Trinajstić information content (AvgIpc) is 2.96. The first-order valence-electron chi connectivity index (χ1n) is 8.92. The summed E-state index contributed by atoms with van der Waals surface area (Å²) in [6.45, 7) is 9.70. The van der Waals surface area contributed by atoms with Crippen molar-refractivity contribution < 1.29 is 19.0 Å². The first-order valence-corrected chi connectivity index (χ1v) is 8.92. The molecule has 0 aliphatic heterocycles. The lowest BCUT2D eigenvalue weighted by atomic mass is 9.86. The Morgan fingerprint density at radius 3 is 2.50 bits per heavy atom. The van der Waals surface area contributed by atoms with Crippen molar-refractivity contribution in [3.8, 4) is 11.5 Å². The molecule has 1 atom stereocenters. The lowest BCUT2D eigenvalue weighted by Gasteiger charge is -2.25. The van der Waals surface area contributed by atoms with E-state index in [0.29, 0.717) is 13.1 Å². The highest BCUT2D eigenvalue weighted by molar-refractivity contribution is 5.44. The van der Waals surface area contributed by atoms with Crippen LogP contribution in [0, 0.1) is 6.92 Å². The van der Waals surface area contributed by atoms with Crippen molar-refractivity contribution in [1.29, 1.82) is 0 Å². The minimum Gasteiger partial charge on any atom is -0.497 e. The van der Waals surface area contributed by atoms with Gasteiger partial charge in [0.1, 0.15) is 35.7 Å². The van der Waals surface area contributed by atoms with Crippen molar-refractivity contribution in [3.05, 3.63) is 47.4 Å². The quantitative estimate of drug-likeness (QED) is 0.776. The Balaban J connectivity index is 1.93. The second kappa shape index (κ2) is 8.60. The molecule has 0 bridgehead atoms. The van der Waals surface area contributed by atoms with Crippen molar-refractivity contribution >= 4 is 0 Å². The summed E-state index contributed by atoms with van der Waals surface area (Å²) >= 11 is 0. The molecule has 1 heterocycles. The molecule has 0 spiro atoms. The van der Waals surface area contributed by atoms with Gasteiger partial charge < -0.3 is 19.0 Å². The summed E-state index contributed by atoms with van der Waals surface area (Å²) in [5.74, 6) is 3.37. The van der Waals surface area contributed by atoms with Gasteiger partial charge in [-0.1, -0.05) is 20.8 Å². The van der Waals surface area contributed by atoms with E-state index in [4.69, 9.17) is 13.9 Å². The maximum absolute atomic E-state index is 10.3. The fraction of sp³-hybridized carbons (Fsp3) is 0.524. The molecule has 0 fully saturated rings. The summed E-state index contributed by atoms with van der Waals surface area (Å²) < 4.78 is 16.8. The number of likely N-dealkylation sites (N-methyl/N-ethyl adjacent to an activating group) is 1. The van der Waals surface area contributed by atoms with Crippen LogP contribution in [0.4, 0.5) is 0 Å². The Bertz CT molecular complexity index is 702. The van der Waals surface area contributed by atoms with Crippen LogP contribution in [0.5, 0.6) is 11.5 Å².